The summed E-state index contributed by atoms with van der Waals surface area (Å²) in [4.78, 5) is 2.79. The van der Waals surface area contributed by atoms with Gasteiger partial charge in [0.1, 0.15) is 0 Å². The summed E-state index contributed by atoms with van der Waals surface area (Å²) in [5.74, 6) is 0. The van der Waals surface area contributed by atoms with E-state index in [0.29, 0.717) is 11.0 Å². The van der Waals surface area contributed by atoms with Crippen molar-refractivity contribution in [3.05, 3.63) is 18.0 Å². The Morgan fingerprint density at radius 2 is 2.40 bits per heavy atom. The van der Waals surface area contributed by atoms with Crippen LogP contribution >= 0.6 is 12.2 Å². The minimum atomic E-state index is 0.364. The second-order valence-electron chi connectivity index (χ2n) is 3.96. The van der Waals surface area contributed by atoms with Crippen LogP contribution in [0.2, 0.25) is 0 Å². The summed E-state index contributed by atoms with van der Waals surface area (Å²) in [6.45, 7) is 2.99. The first-order valence-corrected chi connectivity index (χ1v) is 5.36. The minimum absolute atomic E-state index is 0.364. The summed E-state index contributed by atoms with van der Waals surface area (Å²) in [5, 5.41) is 4.13. The predicted octanol–water partition coefficient (Wildman–Crippen LogP) is 0.917. The molecule has 5 heteroatoms. The number of nitrogens with zero attached hydrogens (tertiary/aromatic N) is 3. The molecule has 1 unspecified atom stereocenters. The average molecular weight is 226 g/mol. The lowest BCUT2D eigenvalue weighted by atomic mass is 10.2. The molecular weight excluding hydrogens is 208 g/mol. The van der Waals surface area contributed by atoms with Gasteiger partial charge in [-0.2, -0.15) is 5.10 Å². The third-order valence-corrected chi connectivity index (χ3v) is 2.61. The predicted molar refractivity (Wildman–Crippen MR) is 65.5 cm³/mol. The van der Waals surface area contributed by atoms with Gasteiger partial charge in [-0.3, -0.25) is 9.58 Å². The van der Waals surface area contributed by atoms with Crippen molar-refractivity contribution in [1.29, 1.82) is 0 Å². The topological polar surface area (TPSA) is 47.1 Å². The molecule has 0 aromatic carbocycles. The van der Waals surface area contributed by atoms with Crippen LogP contribution in [0.5, 0.6) is 0 Å². The lowest BCUT2D eigenvalue weighted by Gasteiger charge is -2.23. The fraction of sp³-hybridized carbons (Fsp3) is 0.600. The number of aromatic nitrogens is 2. The average Bonchev–Trinajstić information content (AvgIpc) is 2.50. The van der Waals surface area contributed by atoms with Crippen LogP contribution in [0.1, 0.15) is 18.9 Å². The zero-order valence-corrected chi connectivity index (χ0v) is 10.3. The van der Waals surface area contributed by atoms with E-state index in [0.717, 1.165) is 13.0 Å². The van der Waals surface area contributed by atoms with Crippen LogP contribution in [0.15, 0.2) is 12.4 Å². The van der Waals surface area contributed by atoms with E-state index in [4.69, 9.17) is 18.0 Å². The van der Waals surface area contributed by atoms with Crippen LogP contribution in [0, 0.1) is 0 Å². The van der Waals surface area contributed by atoms with Gasteiger partial charge in [-0.1, -0.05) is 12.2 Å². The molecule has 1 atom stereocenters. The van der Waals surface area contributed by atoms with Crippen LogP contribution in [-0.2, 0) is 13.6 Å². The Kier molecular flexibility index (Phi) is 4.23. The molecule has 0 bridgehead atoms. The SMILES string of the molecule is CC(CC(N)=S)N(C)Cc1cnn(C)c1. The van der Waals surface area contributed by atoms with Crippen molar-refractivity contribution >= 4 is 17.2 Å². The molecule has 2 N–H and O–H groups in total. The fourth-order valence-corrected chi connectivity index (χ4v) is 1.69. The number of rotatable bonds is 5. The molecule has 0 aliphatic rings. The van der Waals surface area contributed by atoms with Gasteiger partial charge in [0.2, 0.25) is 0 Å². The molecule has 0 amide bonds. The van der Waals surface area contributed by atoms with Gasteiger partial charge in [0.05, 0.1) is 11.2 Å². The van der Waals surface area contributed by atoms with Crippen molar-refractivity contribution < 1.29 is 0 Å². The van der Waals surface area contributed by atoms with E-state index in [1.807, 2.05) is 19.4 Å². The van der Waals surface area contributed by atoms with Crippen molar-refractivity contribution in [1.82, 2.24) is 14.7 Å². The van der Waals surface area contributed by atoms with Gasteiger partial charge in [-0.25, -0.2) is 0 Å². The van der Waals surface area contributed by atoms with Crippen molar-refractivity contribution in [3.63, 3.8) is 0 Å². The number of hydrogen-bond donors (Lipinski definition) is 1. The lowest BCUT2D eigenvalue weighted by Crippen LogP contribution is -2.32. The quantitative estimate of drug-likeness (QED) is 0.758. The third-order valence-electron chi connectivity index (χ3n) is 2.44. The number of nitrogens with two attached hydrogens (primary N) is 1. The molecule has 0 saturated heterocycles. The highest BCUT2D eigenvalue weighted by Gasteiger charge is 2.11. The summed E-state index contributed by atoms with van der Waals surface area (Å²) in [6, 6.07) is 0.364. The van der Waals surface area contributed by atoms with Crippen molar-refractivity contribution in [2.24, 2.45) is 12.8 Å². The molecule has 1 heterocycles. The smallest absolute Gasteiger partial charge is 0.0742 e. The second-order valence-corrected chi connectivity index (χ2v) is 4.48. The normalized spacial score (nSPS) is 13.1. The highest BCUT2D eigenvalue weighted by atomic mass is 32.1. The van der Waals surface area contributed by atoms with E-state index in [9.17, 15) is 0 Å². The monoisotopic (exact) mass is 226 g/mol. The number of aryl methyl sites for hydroxylation is 1. The summed E-state index contributed by atoms with van der Waals surface area (Å²) in [6.07, 6.45) is 4.65. The first kappa shape index (κ1) is 12.1. The number of hydrogen-bond acceptors (Lipinski definition) is 3. The minimum Gasteiger partial charge on any atom is -0.393 e. The first-order valence-electron chi connectivity index (χ1n) is 4.95. The van der Waals surface area contributed by atoms with E-state index in [2.05, 4.69) is 24.0 Å². The van der Waals surface area contributed by atoms with Gasteiger partial charge in [0.15, 0.2) is 0 Å². The van der Waals surface area contributed by atoms with Gasteiger partial charge in [-0.05, 0) is 14.0 Å². The Labute approximate surface area is 96.1 Å². The van der Waals surface area contributed by atoms with Crippen molar-refractivity contribution in [2.45, 2.75) is 25.9 Å². The van der Waals surface area contributed by atoms with E-state index >= 15 is 0 Å². The van der Waals surface area contributed by atoms with Crippen LogP contribution in [-0.4, -0.2) is 32.8 Å². The van der Waals surface area contributed by atoms with Gasteiger partial charge in [0, 0.05) is 37.8 Å². The second kappa shape index (κ2) is 5.23. The van der Waals surface area contributed by atoms with Gasteiger partial charge >= 0.3 is 0 Å². The zero-order valence-electron chi connectivity index (χ0n) is 9.47. The van der Waals surface area contributed by atoms with Gasteiger partial charge in [0.25, 0.3) is 0 Å². The fourth-order valence-electron chi connectivity index (χ4n) is 1.44. The van der Waals surface area contributed by atoms with Gasteiger partial charge in [-0.15, -0.1) is 0 Å². The molecule has 0 fully saturated rings. The molecular formula is C10H18N4S. The molecule has 1 rings (SSSR count). The maximum absolute atomic E-state index is 5.52. The molecule has 0 spiro atoms. The summed E-state index contributed by atoms with van der Waals surface area (Å²) < 4.78 is 1.81. The molecule has 0 radical (unpaired) electrons. The van der Waals surface area contributed by atoms with E-state index < -0.39 is 0 Å². The lowest BCUT2D eigenvalue weighted by molar-refractivity contribution is 0.255. The molecule has 1 aromatic rings. The van der Waals surface area contributed by atoms with Crippen molar-refractivity contribution in [3.8, 4) is 0 Å². The van der Waals surface area contributed by atoms with E-state index in [-0.39, 0.29) is 0 Å². The molecule has 1 aromatic heterocycles. The highest BCUT2D eigenvalue weighted by Crippen LogP contribution is 2.07. The summed E-state index contributed by atoms with van der Waals surface area (Å²) >= 11 is 4.89. The maximum atomic E-state index is 5.52. The molecule has 0 saturated carbocycles. The highest BCUT2D eigenvalue weighted by molar-refractivity contribution is 7.80. The molecule has 0 aliphatic heterocycles. The maximum Gasteiger partial charge on any atom is 0.0742 e. The standard InChI is InChI=1S/C10H18N4S/c1-8(4-10(11)15)13(2)6-9-5-12-14(3)7-9/h5,7-8H,4,6H2,1-3H3,(H2,11,15). The zero-order chi connectivity index (χ0) is 11.4. The number of thiocarbonyl (C=S) groups is 1. The van der Waals surface area contributed by atoms with Crippen LogP contribution in [0.4, 0.5) is 0 Å². The van der Waals surface area contributed by atoms with E-state index in [1.54, 1.807) is 4.68 Å². The molecule has 15 heavy (non-hydrogen) atoms. The summed E-state index contributed by atoms with van der Waals surface area (Å²) in [7, 11) is 3.98. The third kappa shape index (κ3) is 3.97. The summed E-state index contributed by atoms with van der Waals surface area (Å²) in [5.41, 5.74) is 6.72. The van der Waals surface area contributed by atoms with Crippen LogP contribution in [0.25, 0.3) is 0 Å². The van der Waals surface area contributed by atoms with Crippen molar-refractivity contribution in [2.75, 3.05) is 7.05 Å². The van der Waals surface area contributed by atoms with E-state index in [1.165, 1.54) is 5.56 Å². The van der Waals surface area contributed by atoms with Crippen LogP contribution in [0.3, 0.4) is 0 Å². The molecule has 0 aliphatic carbocycles. The Bertz CT molecular complexity index is 334. The Morgan fingerprint density at radius 1 is 1.73 bits per heavy atom. The molecule has 84 valence electrons. The van der Waals surface area contributed by atoms with Crippen LogP contribution < -0.4 is 5.73 Å². The molecule has 4 nitrogen and oxygen atoms in total. The largest absolute Gasteiger partial charge is 0.393 e. The van der Waals surface area contributed by atoms with Gasteiger partial charge < -0.3 is 5.73 Å². The Balaban J connectivity index is 2.47. The Hall–Kier alpha value is -0.940. The first-order chi connectivity index (χ1) is 6.99. The Morgan fingerprint density at radius 3 is 2.87 bits per heavy atom.